The average molecular weight is 328 g/mol. The third kappa shape index (κ3) is 4.73. The number of Topliss-reactive ketones (excluding diaryl/α,β-unsaturated/α-hetero) is 1. The lowest BCUT2D eigenvalue weighted by Gasteiger charge is -2.19. The van der Waals surface area contributed by atoms with E-state index in [2.05, 4.69) is 26.0 Å². The monoisotopic (exact) mass is 328 g/mol. The van der Waals surface area contributed by atoms with Crippen molar-refractivity contribution in [2.45, 2.75) is 46.6 Å². The van der Waals surface area contributed by atoms with Crippen molar-refractivity contribution in [2.75, 3.05) is 0 Å². The molecule has 0 saturated carbocycles. The van der Waals surface area contributed by atoms with Crippen LogP contribution in [-0.4, -0.2) is 11.9 Å². The molecule has 0 spiro atoms. The highest BCUT2D eigenvalue weighted by Crippen LogP contribution is 2.25. The van der Waals surface area contributed by atoms with Gasteiger partial charge >= 0.3 is 0 Å². The fraction of sp³-hybridized carbons (Fsp3) is 0.350. The molecule has 2 atom stereocenters. The molecule has 0 aliphatic carbocycles. The maximum absolute atomic E-state index is 13.0. The van der Waals surface area contributed by atoms with Gasteiger partial charge in [-0.25, -0.2) is 0 Å². The van der Waals surface area contributed by atoms with Gasteiger partial charge < -0.3 is 4.52 Å². The second-order valence-corrected chi connectivity index (χ2v) is 7.02. The van der Waals surface area contributed by atoms with Crippen molar-refractivity contribution in [1.82, 2.24) is 0 Å². The minimum absolute atomic E-state index is 0.116. The van der Waals surface area contributed by atoms with Crippen LogP contribution in [0.2, 0.25) is 0 Å². The minimum atomic E-state index is -0.362. The van der Waals surface area contributed by atoms with Crippen molar-refractivity contribution in [1.29, 1.82) is 0 Å². The van der Waals surface area contributed by atoms with Gasteiger partial charge in [-0.3, -0.25) is 4.79 Å². The summed E-state index contributed by atoms with van der Waals surface area (Å²) in [7, 11) is 0.203. The summed E-state index contributed by atoms with van der Waals surface area (Å²) in [4.78, 5) is 13.0. The molecule has 0 aliphatic heterocycles. The third-order valence-electron chi connectivity index (χ3n) is 3.86. The van der Waals surface area contributed by atoms with Crippen LogP contribution in [0.5, 0.6) is 0 Å². The lowest BCUT2D eigenvalue weighted by atomic mass is 9.93. The van der Waals surface area contributed by atoms with Crippen molar-refractivity contribution in [3.8, 4) is 0 Å². The summed E-state index contributed by atoms with van der Waals surface area (Å²) in [5.41, 5.74) is 4.10. The molecule has 2 aromatic rings. The quantitative estimate of drug-likeness (QED) is 0.534. The van der Waals surface area contributed by atoms with Crippen LogP contribution < -0.4 is 5.30 Å². The molecule has 2 unspecified atom stereocenters. The number of aryl methyl sites for hydroxylation is 3. The zero-order chi connectivity index (χ0) is 16.8. The fourth-order valence-corrected chi connectivity index (χ4v) is 3.71. The van der Waals surface area contributed by atoms with E-state index in [1.54, 1.807) is 0 Å². The molecule has 0 heterocycles. The molecule has 2 rings (SSSR count). The highest BCUT2D eigenvalue weighted by atomic mass is 31.1. The highest BCUT2D eigenvalue weighted by Gasteiger charge is 2.23. The van der Waals surface area contributed by atoms with E-state index in [4.69, 9.17) is 4.52 Å². The Kier molecular flexibility index (Phi) is 6.50. The Balaban J connectivity index is 2.18. The predicted molar refractivity (Wildman–Crippen MR) is 99.2 cm³/mol. The largest absolute Gasteiger partial charge is 0.346 e. The Morgan fingerprint density at radius 2 is 1.70 bits per heavy atom. The Labute approximate surface area is 141 Å². The van der Waals surface area contributed by atoms with Gasteiger partial charge in [-0.2, -0.15) is 0 Å². The second kappa shape index (κ2) is 8.38. The smallest absolute Gasteiger partial charge is 0.192 e. The molecule has 122 valence electrons. The fourth-order valence-electron chi connectivity index (χ4n) is 2.88. The van der Waals surface area contributed by atoms with Crippen LogP contribution in [0.25, 0.3) is 0 Å². The normalized spacial score (nSPS) is 12.7. The van der Waals surface area contributed by atoms with Gasteiger partial charge in [-0.05, 0) is 43.6 Å². The van der Waals surface area contributed by atoms with Gasteiger partial charge in [-0.1, -0.05) is 61.4 Å². The first-order valence-electron chi connectivity index (χ1n) is 8.11. The van der Waals surface area contributed by atoms with E-state index in [1.165, 1.54) is 5.56 Å². The van der Waals surface area contributed by atoms with Crippen LogP contribution in [0, 0.1) is 20.8 Å². The molecule has 2 aromatic carbocycles. The summed E-state index contributed by atoms with van der Waals surface area (Å²) in [6.45, 7) is 8.17. The van der Waals surface area contributed by atoms with E-state index < -0.39 is 0 Å². The molecular weight excluding hydrogens is 303 g/mol. The summed E-state index contributed by atoms with van der Waals surface area (Å²) in [5.74, 6) is 0.116. The van der Waals surface area contributed by atoms with Crippen molar-refractivity contribution in [3.63, 3.8) is 0 Å². The van der Waals surface area contributed by atoms with Gasteiger partial charge in [0.05, 0.1) is 0 Å². The van der Waals surface area contributed by atoms with Crippen LogP contribution in [0.4, 0.5) is 0 Å². The first-order valence-corrected chi connectivity index (χ1v) is 9.02. The van der Waals surface area contributed by atoms with E-state index in [0.717, 1.165) is 34.8 Å². The molecule has 0 saturated heterocycles. The number of hydrogen-bond donors (Lipinski definition) is 0. The molecule has 23 heavy (non-hydrogen) atoms. The first-order chi connectivity index (χ1) is 11.0. The number of carbonyl (C=O) groups is 1. The Morgan fingerprint density at radius 3 is 2.26 bits per heavy atom. The van der Waals surface area contributed by atoms with Crippen LogP contribution >= 0.6 is 8.81 Å². The minimum Gasteiger partial charge on any atom is -0.346 e. The topological polar surface area (TPSA) is 26.3 Å². The van der Waals surface area contributed by atoms with Crippen LogP contribution in [-0.2, 0) is 4.52 Å². The van der Waals surface area contributed by atoms with Gasteiger partial charge in [-0.15, -0.1) is 0 Å². The lowest BCUT2D eigenvalue weighted by Crippen LogP contribution is -2.24. The maximum Gasteiger partial charge on any atom is 0.192 e. The summed E-state index contributed by atoms with van der Waals surface area (Å²) in [6.07, 6.45) is 1.32. The van der Waals surface area contributed by atoms with E-state index in [1.807, 2.05) is 44.2 Å². The molecule has 3 heteroatoms. The molecule has 0 radical (unpaired) electrons. The SMILES string of the molecule is CCCC(OPc1ccccc1)C(=O)c1c(C)cc(C)cc1C. The van der Waals surface area contributed by atoms with Crippen molar-refractivity contribution < 1.29 is 9.32 Å². The van der Waals surface area contributed by atoms with Gasteiger partial charge in [0.1, 0.15) is 6.10 Å². The van der Waals surface area contributed by atoms with Crippen molar-refractivity contribution in [2.24, 2.45) is 0 Å². The number of benzene rings is 2. The van der Waals surface area contributed by atoms with Crippen molar-refractivity contribution >= 4 is 19.9 Å². The molecule has 0 aliphatic rings. The van der Waals surface area contributed by atoms with Crippen molar-refractivity contribution in [3.05, 3.63) is 64.7 Å². The molecule has 0 aromatic heterocycles. The highest BCUT2D eigenvalue weighted by molar-refractivity contribution is 7.42. The standard InChI is InChI=1S/C20H25O2P/c1-5-9-18(22-23-17-10-7-6-8-11-17)20(21)19-15(3)12-14(2)13-16(19)4/h6-8,10-13,18,23H,5,9H2,1-4H3. The maximum atomic E-state index is 13.0. The van der Waals surface area contributed by atoms with E-state index in [-0.39, 0.29) is 20.7 Å². The Hall–Kier alpha value is -1.50. The molecule has 0 amide bonds. The van der Waals surface area contributed by atoms with E-state index in [0.29, 0.717) is 0 Å². The first kappa shape index (κ1) is 17.8. The number of carbonyl (C=O) groups excluding carboxylic acids is 1. The molecule has 2 nitrogen and oxygen atoms in total. The van der Waals surface area contributed by atoms with Gasteiger partial charge in [0.15, 0.2) is 5.78 Å². The zero-order valence-corrected chi connectivity index (χ0v) is 15.3. The Bertz CT molecular complexity index is 642. The molecule has 0 fully saturated rings. The number of ketones is 1. The van der Waals surface area contributed by atoms with Gasteiger partial charge in [0.2, 0.25) is 0 Å². The molecule has 0 bridgehead atoms. The number of hydrogen-bond acceptors (Lipinski definition) is 2. The molecule has 0 N–H and O–H groups in total. The van der Waals surface area contributed by atoms with Crippen LogP contribution in [0.15, 0.2) is 42.5 Å². The predicted octanol–water partition coefficient (Wildman–Crippen LogP) is 4.90. The van der Waals surface area contributed by atoms with Gasteiger partial charge in [0.25, 0.3) is 0 Å². The van der Waals surface area contributed by atoms with E-state index >= 15 is 0 Å². The average Bonchev–Trinajstić information content (AvgIpc) is 2.51. The zero-order valence-electron chi connectivity index (χ0n) is 14.3. The summed E-state index contributed by atoms with van der Waals surface area (Å²) >= 11 is 0. The summed E-state index contributed by atoms with van der Waals surface area (Å²) in [6, 6.07) is 14.2. The van der Waals surface area contributed by atoms with Gasteiger partial charge in [0, 0.05) is 14.4 Å². The lowest BCUT2D eigenvalue weighted by molar-refractivity contribution is 0.0805. The van der Waals surface area contributed by atoms with Crippen LogP contribution in [0.1, 0.15) is 46.8 Å². The van der Waals surface area contributed by atoms with E-state index in [9.17, 15) is 4.79 Å². The summed E-state index contributed by atoms with van der Waals surface area (Å²) < 4.78 is 6.00. The van der Waals surface area contributed by atoms with Crippen LogP contribution in [0.3, 0.4) is 0 Å². The summed E-state index contributed by atoms with van der Waals surface area (Å²) in [5, 5.41) is 1.12. The second-order valence-electron chi connectivity index (χ2n) is 6.00. The molecular formula is C20H25O2P. The third-order valence-corrected chi connectivity index (χ3v) is 4.83. The number of rotatable bonds is 7. The Morgan fingerprint density at radius 1 is 1.09 bits per heavy atom.